The molecule has 0 radical (unpaired) electrons. The molecule has 12 heavy (non-hydrogen) atoms. The third-order valence-electron chi connectivity index (χ3n) is 1.49. The average molecular weight is 191 g/mol. The van der Waals surface area contributed by atoms with E-state index < -0.39 is 12.8 Å². The molecule has 0 amide bonds. The minimum absolute atomic E-state index is 0.00481. The van der Waals surface area contributed by atoms with Crippen molar-refractivity contribution < 1.29 is 14.6 Å². The van der Waals surface area contributed by atoms with Crippen LogP contribution in [0.2, 0.25) is 5.02 Å². The van der Waals surface area contributed by atoms with Crippen LogP contribution in [-0.4, -0.2) is 16.9 Å². The van der Waals surface area contributed by atoms with Gasteiger partial charge in [-0.05, 0) is 12.1 Å². The van der Waals surface area contributed by atoms with E-state index in [4.69, 9.17) is 21.8 Å². The average Bonchev–Trinajstić information content (AvgIpc) is 2.03. The number of aromatic hydroxyl groups is 1. The molecule has 1 aromatic carbocycles. The molecule has 0 saturated heterocycles. The fourth-order valence-electron chi connectivity index (χ4n) is 0.869. The molecular weight excluding hydrogens is 183 g/mol. The molecule has 0 heterocycles. The largest absolute Gasteiger partial charge is 0.508 e. The Morgan fingerprint density at radius 3 is 2.67 bits per heavy atom. The molecule has 0 spiro atoms. The van der Waals surface area contributed by atoms with E-state index in [-0.39, 0.29) is 16.3 Å². The van der Waals surface area contributed by atoms with E-state index in [1.165, 1.54) is 18.2 Å². The number of aliphatic hydroxyl groups is 1. The molecule has 2 nitrogen and oxygen atoms in total. The van der Waals surface area contributed by atoms with Gasteiger partial charge in [-0.3, -0.25) is 0 Å². The summed E-state index contributed by atoms with van der Waals surface area (Å²) in [6, 6.07) is 4.00. The Balaban J connectivity index is 3.01. The van der Waals surface area contributed by atoms with Gasteiger partial charge in [0.15, 0.2) is 0 Å². The Morgan fingerprint density at radius 2 is 2.17 bits per heavy atom. The highest BCUT2D eigenvalue weighted by atomic mass is 35.5. The van der Waals surface area contributed by atoms with Crippen molar-refractivity contribution in [2.24, 2.45) is 0 Å². The lowest BCUT2D eigenvalue weighted by atomic mass is 10.1. The van der Waals surface area contributed by atoms with Crippen LogP contribution in [0.25, 0.3) is 0 Å². The Kier molecular flexibility index (Phi) is 2.89. The van der Waals surface area contributed by atoms with Gasteiger partial charge < -0.3 is 10.2 Å². The van der Waals surface area contributed by atoms with Crippen LogP contribution >= 0.6 is 11.6 Å². The van der Waals surface area contributed by atoms with Gasteiger partial charge in [0, 0.05) is 5.56 Å². The summed E-state index contributed by atoms with van der Waals surface area (Å²) in [6.45, 7) is -0.884. The Morgan fingerprint density at radius 1 is 1.50 bits per heavy atom. The van der Waals surface area contributed by atoms with Gasteiger partial charge in [0.2, 0.25) is 0 Å². The van der Waals surface area contributed by atoms with E-state index in [1.807, 2.05) is 0 Å². The zero-order valence-corrected chi connectivity index (χ0v) is 6.92. The minimum atomic E-state index is -1.21. The smallest absolute Gasteiger partial charge is 0.120 e. The summed E-state index contributed by atoms with van der Waals surface area (Å²) in [5.41, 5.74) is 0.289. The summed E-state index contributed by atoms with van der Waals surface area (Å²) in [4.78, 5) is 0. The molecule has 0 saturated carbocycles. The van der Waals surface area contributed by atoms with Gasteiger partial charge >= 0.3 is 0 Å². The van der Waals surface area contributed by atoms with Crippen LogP contribution in [0, 0.1) is 0 Å². The number of phenols is 1. The molecule has 4 heteroatoms. The molecule has 0 aromatic heterocycles. The van der Waals surface area contributed by atoms with E-state index >= 15 is 0 Å². The lowest BCUT2D eigenvalue weighted by Gasteiger charge is -2.08. The van der Waals surface area contributed by atoms with Crippen LogP contribution in [0.4, 0.5) is 4.39 Å². The SMILES string of the molecule is Oc1ccc(C(O)CF)c(Cl)c1. The molecule has 0 aliphatic heterocycles. The molecule has 1 unspecified atom stereocenters. The number of rotatable bonds is 2. The Bertz CT molecular complexity index is 278. The van der Waals surface area contributed by atoms with Crippen LogP contribution in [0.5, 0.6) is 5.75 Å². The first-order valence-corrected chi connectivity index (χ1v) is 3.75. The van der Waals surface area contributed by atoms with Gasteiger partial charge in [-0.15, -0.1) is 0 Å². The first kappa shape index (κ1) is 9.29. The van der Waals surface area contributed by atoms with E-state index in [9.17, 15) is 4.39 Å². The van der Waals surface area contributed by atoms with E-state index in [0.717, 1.165) is 0 Å². The summed E-state index contributed by atoms with van der Waals surface area (Å²) in [7, 11) is 0. The predicted octanol–water partition coefficient (Wildman–Crippen LogP) is 2.05. The summed E-state index contributed by atoms with van der Waals surface area (Å²) in [5, 5.41) is 18.2. The summed E-state index contributed by atoms with van der Waals surface area (Å²) in [6.07, 6.45) is -1.21. The van der Waals surface area contributed by atoms with Crippen LogP contribution in [0.3, 0.4) is 0 Å². The molecule has 0 bridgehead atoms. The van der Waals surface area contributed by atoms with Gasteiger partial charge in [-0.2, -0.15) is 0 Å². The second-order valence-electron chi connectivity index (χ2n) is 2.38. The number of alkyl halides is 1. The monoisotopic (exact) mass is 190 g/mol. The number of phenolic OH excluding ortho intramolecular Hbond substituents is 1. The van der Waals surface area contributed by atoms with Gasteiger partial charge in [0.25, 0.3) is 0 Å². The molecule has 2 N–H and O–H groups in total. The first-order chi connectivity index (χ1) is 5.65. The molecule has 0 aliphatic rings. The van der Waals surface area contributed by atoms with Crippen LogP contribution < -0.4 is 0 Å². The van der Waals surface area contributed by atoms with E-state index in [2.05, 4.69) is 0 Å². The number of hydrogen-bond acceptors (Lipinski definition) is 2. The normalized spacial score (nSPS) is 12.9. The maximum atomic E-state index is 12.0. The lowest BCUT2D eigenvalue weighted by Crippen LogP contribution is -1.99. The predicted molar refractivity (Wildman–Crippen MR) is 44.1 cm³/mol. The second kappa shape index (κ2) is 3.74. The fourth-order valence-corrected chi connectivity index (χ4v) is 1.17. The molecule has 1 atom stereocenters. The number of aliphatic hydroxyl groups excluding tert-OH is 1. The fraction of sp³-hybridized carbons (Fsp3) is 0.250. The zero-order chi connectivity index (χ0) is 9.14. The molecule has 1 aromatic rings. The molecule has 66 valence electrons. The van der Waals surface area contributed by atoms with Gasteiger partial charge in [0.05, 0.1) is 5.02 Å². The van der Waals surface area contributed by atoms with E-state index in [1.54, 1.807) is 0 Å². The summed E-state index contributed by atoms with van der Waals surface area (Å²) in [5.74, 6) is -0.00481. The van der Waals surface area contributed by atoms with E-state index in [0.29, 0.717) is 0 Å². The highest BCUT2D eigenvalue weighted by molar-refractivity contribution is 6.31. The molecule has 1 rings (SSSR count). The number of benzene rings is 1. The molecule has 0 aliphatic carbocycles. The van der Waals surface area contributed by atoms with Crippen molar-refractivity contribution in [2.45, 2.75) is 6.10 Å². The molecule has 0 fully saturated rings. The summed E-state index contributed by atoms with van der Waals surface area (Å²) < 4.78 is 12.0. The van der Waals surface area contributed by atoms with Crippen LogP contribution in [0.15, 0.2) is 18.2 Å². The highest BCUT2D eigenvalue weighted by Crippen LogP contribution is 2.26. The second-order valence-corrected chi connectivity index (χ2v) is 2.78. The first-order valence-electron chi connectivity index (χ1n) is 3.37. The topological polar surface area (TPSA) is 40.5 Å². The van der Waals surface area contributed by atoms with Crippen molar-refractivity contribution in [1.29, 1.82) is 0 Å². The standard InChI is InChI=1S/C8H8ClFO2/c9-7-3-5(11)1-2-6(7)8(12)4-10/h1-3,8,11-12H,4H2. The minimum Gasteiger partial charge on any atom is -0.508 e. The maximum Gasteiger partial charge on any atom is 0.120 e. The Labute approximate surface area is 74.2 Å². The Hall–Kier alpha value is -0.800. The molecular formula is C8H8ClFO2. The highest BCUT2D eigenvalue weighted by Gasteiger charge is 2.10. The summed E-state index contributed by atoms with van der Waals surface area (Å²) >= 11 is 5.62. The maximum absolute atomic E-state index is 12.0. The quantitative estimate of drug-likeness (QED) is 0.750. The van der Waals surface area contributed by atoms with Crippen molar-refractivity contribution in [2.75, 3.05) is 6.67 Å². The van der Waals surface area contributed by atoms with Crippen molar-refractivity contribution in [1.82, 2.24) is 0 Å². The van der Waals surface area contributed by atoms with Crippen molar-refractivity contribution >= 4 is 11.6 Å². The van der Waals surface area contributed by atoms with Crippen LogP contribution in [0.1, 0.15) is 11.7 Å². The van der Waals surface area contributed by atoms with Crippen molar-refractivity contribution in [3.05, 3.63) is 28.8 Å². The number of hydrogen-bond donors (Lipinski definition) is 2. The third kappa shape index (κ3) is 1.87. The van der Waals surface area contributed by atoms with Gasteiger partial charge in [-0.25, -0.2) is 4.39 Å². The number of halogens is 2. The zero-order valence-electron chi connectivity index (χ0n) is 6.17. The van der Waals surface area contributed by atoms with Gasteiger partial charge in [-0.1, -0.05) is 17.7 Å². The lowest BCUT2D eigenvalue weighted by molar-refractivity contribution is 0.142. The van der Waals surface area contributed by atoms with Gasteiger partial charge in [0.1, 0.15) is 18.5 Å². The van der Waals surface area contributed by atoms with Crippen LogP contribution in [-0.2, 0) is 0 Å². The van der Waals surface area contributed by atoms with Crippen molar-refractivity contribution in [3.63, 3.8) is 0 Å². The third-order valence-corrected chi connectivity index (χ3v) is 1.82. The van der Waals surface area contributed by atoms with Crippen molar-refractivity contribution in [3.8, 4) is 5.75 Å².